The molecule has 0 saturated carbocycles. The summed E-state index contributed by atoms with van der Waals surface area (Å²) < 4.78 is 2.04. The lowest BCUT2D eigenvalue weighted by Gasteiger charge is -2.30. The molecule has 6 heteroatoms. The standard InChI is InChI=1S/C28H30N4O2/c33-27(15-14-21-8-3-1-4-9-21)31-18-16-22(17-19-31)28(34)29-20-25-24-12-7-13-26(24)32(30-25)23-10-5-2-6-11-23/h1-6,8-11,14-15,22H,7,12-13,16-20H2,(H,29,34)/b15-14+. The molecule has 0 radical (unpaired) electrons. The van der Waals surface area contributed by atoms with Gasteiger partial charge in [-0.15, -0.1) is 0 Å². The van der Waals surface area contributed by atoms with Crippen molar-refractivity contribution in [3.8, 4) is 5.69 Å². The number of carbonyl (C=O) groups excluding carboxylic acids is 2. The third-order valence-electron chi connectivity index (χ3n) is 6.84. The molecular formula is C28H30N4O2. The number of nitrogens with one attached hydrogen (secondary N) is 1. The molecule has 0 bridgehead atoms. The summed E-state index contributed by atoms with van der Waals surface area (Å²) in [6.07, 6.45) is 8.01. The van der Waals surface area contributed by atoms with E-state index in [-0.39, 0.29) is 17.7 Å². The molecule has 1 saturated heterocycles. The van der Waals surface area contributed by atoms with Crippen LogP contribution in [0.1, 0.15) is 41.8 Å². The number of benzene rings is 2. The van der Waals surface area contributed by atoms with Gasteiger partial charge in [-0.3, -0.25) is 9.59 Å². The summed E-state index contributed by atoms with van der Waals surface area (Å²) in [5, 5.41) is 7.96. The summed E-state index contributed by atoms with van der Waals surface area (Å²) in [5.74, 6) is 0.00377. The van der Waals surface area contributed by atoms with Crippen LogP contribution in [0.5, 0.6) is 0 Å². The van der Waals surface area contributed by atoms with Gasteiger partial charge in [0.25, 0.3) is 0 Å². The smallest absolute Gasteiger partial charge is 0.246 e. The first kappa shape index (κ1) is 22.1. The van der Waals surface area contributed by atoms with E-state index in [1.54, 1.807) is 6.08 Å². The summed E-state index contributed by atoms with van der Waals surface area (Å²) in [4.78, 5) is 27.2. The van der Waals surface area contributed by atoms with Crippen LogP contribution in [-0.2, 0) is 29.0 Å². The fourth-order valence-corrected chi connectivity index (χ4v) is 4.95. The number of nitrogens with zero attached hydrogens (tertiary/aromatic N) is 3. The van der Waals surface area contributed by atoms with Crippen LogP contribution in [-0.4, -0.2) is 39.6 Å². The van der Waals surface area contributed by atoms with Crippen molar-refractivity contribution in [2.45, 2.75) is 38.6 Å². The third kappa shape index (κ3) is 4.81. The number of likely N-dealkylation sites (tertiary alicyclic amines) is 1. The maximum Gasteiger partial charge on any atom is 0.246 e. The normalized spacial score (nSPS) is 16.1. The van der Waals surface area contributed by atoms with Gasteiger partial charge in [0.1, 0.15) is 0 Å². The van der Waals surface area contributed by atoms with E-state index < -0.39 is 0 Å². The van der Waals surface area contributed by atoms with Gasteiger partial charge in [-0.2, -0.15) is 5.10 Å². The maximum atomic E-state index is 12.9. The molecule has 34 heavy (non-hydrogen) atoms. The summed E-state index contributed by atoms with van der Waals surface area (Å²) in [6.45, 7) is 1.67. The highest BCUT2D eigenvalue weighted by Gasteiger charge is 2.28. The van der Waals surface area contributed by atoms with Gasteiger partial charge in [0, 0.05) is 30.8 Å². The SMILES string of the molecule is O=C(NCc1nn(-c2ccccc2)c2c1CCC2)C1CCN(C(=O)/C=C/c2ccccc2)CC1. The van der Waals surface area contributed by atoms with Crippen molar-refractivity contribution in [3.05, 3.63) is 89.3 Å². The number of fused-ring (bicyclic) bond motifs is 1. The third-order valence-corrected chi connectivity index (χ3v) is 6.84. The highest BCUT2D eigenvalue weighted by Crippen LogP contribution is 2.28. The van der Waals surface area contributed by atoms with Gasteiger partial charge in [-0.1, -0.05) is 48.5 Å². The van der Waals surface area contributed by atoms with Gasteiger partial charge >= 0.3 is 0 Å². The molecule has 2 aromatic carbocycles. The molecule has 5 rings (SSSR count). The monoisotopic (exact) mass is 454 g/mol. The highest BCUT2D eigenvalue weighted by molar-refractivity contribution is 5.92. The van der Waals surface area contributed by atoms with Gasteiger partial charge < -0.3 is 10.2 Å². The molecule has 0 atom stereocenters. The van der Waals surface area contributed by atoms with Gasteiger partial charge in [-0.05, 0) is 61.4 Å². The molecule has 1 aromatic heterocycles. The van der Waals surface area contributed by atoms with Gasteiger partial charge in [0.2, 0.25) is 11.8 Å². The Morgan fingerprint density at radius 2 is 1.68 bits per heavy atom. The summed E-state index contributed by atoms with van der Waals surface area (Å²) >= 11 is 0. The second-order valence-electron chi connectivity index (χ2n) is 9.03. The summed E-state index contributed by atoms with van der Waals surface area (Å²) in [5.41, 5.74) is 5.60. The minimum Gasteiger partial charge on any atom is -0.350 e. The largest absolute Gasteiger partial charge is 0.350 e. The van der Waals surface area contributed by atoms with Crippen LogP contribution in [0.25, 0.3) is 11.8 Å². The van der Waals surface area contributed by atoms with Crippen molar-refractivity contribution >= 4 is 17.9 Å². The number of aromatic nitrogens is 2. The molecular weight excluding hydrogens is 424 g/mol. The number of amides is 2. The predicted octanol–water partition coefficient (Wildman–Crippen LogP) is 3.93. The van der Waals surface area contributed by atoms with E-state index in [4.69, 9.17) is 5.10 Å². The first-order valence-electron chi connectivity index (χ1n) is 12.1. The number of hydrogen-bond acceptors (Lipinski definition) is 3. The lowest BCUT2D eigenvalue weighted by molar-refractivity contribution is -0.132. The minimum atomic E-state index is -0.0635. The quantitative estimate of drug-likeness (QED) is 0.574. The second kappa shape index (κ2) is 10.1. The first-order valence-corrected chi connectivity index (χ1v) is 12.1. The van der Waals surface area contributed by atoms with Crippen molar-refractivity contribution in [1.29, 1.82) is 0 Å². The Morgan fingerprint density at radius 3 is 2.41 bits per heavy atom. The first-order chi connectivity index (χ1) is 16.7. The molecule has 2 aliphatic rings. The fourth-order valence-electron chi connectivity index (χ4n) is 4.95. The van der Waals surface area contributed by atoms with Gasteiger partial charge in [0.15, 0.2) is 0 Å². The Bertz CT molecular complexity index is 1180. The van der Waals surface area contributed by atoms with Crippen molar-refractivity contribution < 1.29 is 9.59 Å². The van der Waals surface area contributed by atoms with Crippen LogP contribution in [0, 0.1) is 5.92 Å². The Balaban J connectivity index is 1.15. The fraction of sp³-hybridized carbons (Fsp3) is 0.321. The lowest BCUT2D eigenvalue weighted by atomic mass is 9.95. The van der Waals surface area contributed by atoms with E-state index in [0.29, 0.717) is 32.5 Å². The maximum absolute atomic E-state index is 12.9. The van der Waals surface area contributed by atoms with Crippen LogP contribution in [0.2, 0.25) is 0 Å². The van der Waals surface area contributed by atoms with Crippen LogP contribution in [0.3, 0.4) is 0 Å². The molecule has 1 aliphatic heterocycles. The second-order valence-corrected chi connectivity index (χ2v) is 9.03. The minimum absolute atomic E-state index is 0.00438. The average Bonchev–Trinajstić information content (AvgIpc) is 3.50. The molecule has 1 fully saturated rings. The molecule has 174 valence electrons. The Kier molecular flexibility index (Phi) is 6.56. The average molecular weight is 455 g/mol. The number of piperidine rings is 1. The van der Waals surface area contributed by atoms with E-state index >= 15 is 0 Å². The van der Waals surface area contributed by atoms with Gasteiger partial charge in [0.05, 0.1) is 17.9 Å². The van der Waals surface area contributed by atoms with Crippen molar-refractivity contribution in [2.75, 3.05) is 13.1 Å². The zero-order valence-electron chi connectivity index (χ0n) is 19.3. The van der Waals surface area contributed by atoms with Crippen LogP contribution < -0.4 is 5.32 Å². The zero-order valence-corrected chi connectivity index (χ0v) is 19.3. The van der Waals surface area contributed by atoms with Crippen molar-refractivity contribution in [1.82, 2.24) is 20.0 Å². The van der Waals surface area contributed by atoms with Crippen LogP contribution in [0.4, 0.5) is 0 Å². The van der Waals surface area contributed by atoms with Crippen molar-refractivity contribution in [2.24, 2.45) is 5.92 Å². The Morgan fingerprint density at radius 1 is 0.971 bits per heavy atom. The predicted molar refractivity (Wildman–Crippen MR) is 132 cm³/mol. The summed E-state index contributed by atoms with van der Waals surface area (Å²) in [7, 11) is 0. The zero-order chi connectivity index (χ0) is 23.3. The van der Waals surface area contributed by atoms with Gasteiger partial charge in [-0.25, -0.2) is 4.68 Å². The van der Waals surface area contributed by atoms with E-state index in [9.17, 15) is 9.59 Å². The number of para-hydroxylation sites is 1. The van der Waals surface area contributed by atoms with E-state index in [1.165, 1.54) is 11.3 Å². The van der Waals surface area contributed by atoms with Crippen molar-refractivity contribution in [3.63, 3.8) is 0 Å². The number of carbonyl (C=O) groups is 2. The summed E-state index contributed by atoms with van der Waals surface area (Å²) in [6, 6.07) is 20.0. The highest BCUT2D eigenvalue weighted by atomic mass is 16.2. The molecule has 6 nitrogen and oxygen atoms in total. The topological polar surface area (TPSA) is 67.2 Å². The van der Waals surface area contributed by atoms with E-state index in [1.807, 2.05) is 64.2 Å². The van der Waals surface area contributed by atoms with E-state index in [0.717, 1.165) is 36.2 Å². The Hall–Kier alpha value is -3.67. The van der Waals surface area contributed by atoms with E-state index in [2.05, 4.69) is 17.4 Å². The molecule has 2 heterocycles. The lowest BCUT2D eigenvalue weighted by Crippen LogP contribution is -2.42. The van der Waals surface area contributed by atoms with Crippen LogP contribution >= 0.6 is 0 Å². The number of rotatable bonds is 6. The molecule has 3 aromatic rings. The molecule has 0 unspecified atom stereocenters. The Labute approximate surface area is 200 Å². The molecule has 2 amide bonds. The number of hydrogen-bond donors (Lipinski definition) is 1. The van der Waals surface area contributed by atoms with Crippen LogP contribution in [0.15, 0.2) is 66.7 Å². The molecule has 1 N–H and O–H groups in total. The molecule has 1 aliphatic carbocycles. The molecule has 0 spiro atoms.